The zero-order chi connectivity index (χ0) is 13.9. The molecular formula is C15H25N5. The minimum atomic E-state index is 0.600. The maximum Gasteiger partial charge on any atom is 0.134 e. The summed E-state index contributed by atoms with van der Waals surface area (Å²) in [6, 6.07) is 2.62. The fourth-order valence-corrected chi connectivity index (χ4v) is 3.36. The van der Waals surface area contributed by atoms with Gasteiger partial charge >= 0.3 is 0 Å². The summed E-state index contributed by atoms with van der Waals surface area (Å²) in [6.07, 6.45) is 5.92. The molecule has 0 spiro atoms. The Morgan fingerprint density at radius 1 is 1.25 bits per heavy atom. The van der Waals surface area contributed by atoms with Crippen LogP contribution in [0.3, 0.4) is 0 Å². The van der Waals surface area contributed by atoms with Crippen molar-refractivity contribution in [2.24, 2.45) is 0 Å². The Morgan fingerprint density at radius 2 is 2.05 bits per heavy atom. The van der Waals surface area contributed by atoms with E-state index in [4.69, 9.17) is 5.73 Å². The van der Waals surface area contributed by atoms with Gasteiger partial charge in [-0.2, -0.15) is 0 Å². The minimum Gasteiger partial charge on any atom is -0.384 e. The Labute approximate surface area is 121 Å². The van der Waals surface area contributed by atoms with Crippen LogP contribution in [-0.4, -0.2) is 47.1 Å². The van der Waals surface area contributed by atoms with E-state index < -0.39 is 0 Å². The van der Waals surface area contributed by atoms with Gasteiger partial charge in [-0.05, 0) is 38.8 Å². The maximum atomic E-state index is 5.93. The average molecular weight is 275 g/mol. The first-order chi connectivity index (χ1) is 9.76. The highest BCUT2D eigenvalue weighted by atomic mass is 15.3. The first-order valence-corrected chi connectivity index (χ1v) is 7.88. The molecule has 3 rings (SSSR count). The smallest absolute Gasteiger partial charge is 0.134 e. The summed E-state index contributed by atoms with van der Waals surface area (Å²) in [5, 5.41) is 0. The zero-order valence-electron chi connectivity index (χ0n) is 12.4. The third-order valence-electron chi connectivity index (χ3n) is 4.40. The van der Waals surface area contributed by atoms with Crippen molar-refractivity contribution < 1.29 is 0 Å². The van der Waals surface area contributed by atoms with Crippen molar-refractivity contribution in [3.8, 4) is 0 Å². The molecule has 0 saturated carbocycles. The van der Waals surface area contributed by atoms with Crippen LogP contribution in [0.2, 0.25) is 0 Å². The lowest BCUT2D eigenvalue weighted by Gasteiger charge is -2.24. The van der Waals surface area contributed by atoms with Crippen LogP contribution in [0.15, 0.2) is 6.07 Å². The third-order valence-corrected chi connectivity index (χ3v) is 4.40. The molecule has 2 N–H and O–H groups in total. The van der Waals surface area contributed by atoms with Crippen molar-refractivity contribution in [2.75, 3.05) is 36.8 Å². The topological polar surface area (TPSA) is 58.3 Å². The number of anilines is 2. The summed E-state index contributed by atoms with van der Waals surface area (Å²) in [7, 11) is 0. The molecule has 2 fully saturated rings. The highest BCUT2D eigenvalue weighted by molar-refractivity contribution is 5.48. The first-order valence-electron chi connectivity index (χ1n) is 7.88. The number of nitrogens with zero attached hydrogens (tertiary/aromatic N) is 4. The Kier molecular flexibility index (Phi) is 4.05. The molecule has 2 saturated heterocycles. The van der Waals surface area contributed by atoms with Gasteiger partial charge in [0.25, 0.3) is 0 Å². The molecule has 0 bridgehead atoms. The van der Waals surface area contributed by atoms with Gasteiger partial charge in [-0.15, -0.1) is 0 Å². The molecule has 5 heteroatoms. The molecule has 5 nitrogen and oxygen atoms in total. The number of nitrogen functional groups attached to an aromatic ring is 1. The van der Waals surface area contributed by atoms with Crippen LogP contribution in [0.25, 0.3) is 0 Å². The largest absolute Gasteiger partial charge is 0.384 e. The molecule has 1 aromatic rings. The predicted molar refractivity (Wildman–Crippen MR) is 81.9 cm³/mol. The molecule has 20 heavy (non-hydrogen) atoms. The highest BCUT2D eigenvalue weighted by Gasteiger charge is 2.30. The standard InChI is InChI=1S/C15H25N5/c1-2-5-14-17-13(16)10-15(18-14)20-9-6-12(11-20)19-7-3-4-8-19/h10,12H,2-9,11H2,1H3,(H2,16,17,18). The summed E-state index contributed by atoms with van der Waals surface area (Å²) in [4.78, 5) is 14.0. The summed E-state index contributed by atoms with van der Waals surface area (Å²) < 4.78 is 0. The SMILES string of the molecule is CCCc1nc(N)cc(N2CCC(N3CCCC3)C2)n1. The number of rotatable bonds is 4. The number of nitrogens with two attached hydrogens (primary N) is 1. The lowest BCUT2D eigenvalue weighted by molar-refractivity contribution is 0.260. The molecule has 0 amide bonds. The van der Waals surface area contributed by atoms with E-state index in [-0.39, 0.29) is 0 Å². The Balaban J connectivity index is 1.70. The van der Waals surface area contributed by atoms with Crippen LogP contribution in [0.4, 0.5) is 11.6 Å². The van der Waals surface area contributed by atoms with E-state index in [0.29, 0.717) is 11.9 Å². The Bertz CT molecular complexity index is 456. The second-order valence-corrected chi connectivity index (χ2v) is 5.95. The molecule has 0 aromatic carbocycles. The number of aromatic nitrogens is 2. The van der Waals surface area contributed by atoms with E-state index in [9.17, 15) is 0 Å². The molecule has 0 aliphatic carbocycles. The molecule has 1 unspecified atom stereocenters. The van der Waals surface area contributed by atoms with Gasteiger partial charge in [-0.1, -0.05) is 6.92 Å². The van der Waals surface area contributed by atoms with Gasteiger partial charge in [0, 0.05) is 31.6 Å². The van der Waals surface area contributed by atoms with Crippen molar-refractivity contribution in [2.45, 2.75) is 45.1 Å². The fourth-order valence-electron chi connectivity index (χ4n) is 3.36. The molecule has 1 atom stereocenters. The monoisotopic (exact) mass is 275 g/mol. The first kappa shape index (κ1) is 13.6. The van der Waals surface area contributed by atoms with Gasteiger partial charge in [0.2, 0.25) is 0 Å². The van der Waals surface area contributed by atoms with Crippen LogP contribution in [-0.2, 0) is 6.42 Å². The van der Waals surface area contributed by atoms with Crippen molar-refractivity contribution >= 4 is 11.6 Å². The molecule has 2 aliphatic heterocycles. The average Bonchev–Trinajstić information content (AvgIpc) is 3.10. The van der Waals surface area contributed by atoms with Crippen LogP contribution in [0, 0.1) is 0 Å². The predicted octanol–water partition coefficient (Wildman–Crippen LogP) is 1.69. The van der Waals surface area contributed by atoms with Crippen molar-refractivity contribution in [1.29, 1.82) is 0 Å². The van der Waals surface area contributed by atoms with Crippen molar-refractivity contribution in [3.05, 3.63) is 11.9 Å². The number of hydrogen-bond acceptors (Lipinski definition) is 5. The normalized spacial score (nSPS) is 23.6. The van der Waals surface area contributed by atoms with E-state index in [1.54, 1.807) is 0 Å². The summed E-state index contributed by atoms with van der Waals surface area (Å²) >= 11 is 0. The van der Waals surface area contributed by atoms with E-state index in [1.807, 2.05) is 6.07 Å². The van der Waals surface area contributed by atoms with Gasteiger partial charge in [-0.3, -0.25) is 4.90 Å². The minimum absolute atomic E-state index is 0.600. The Hall–Kier alpha value is -1.36. The Morgan fingerprint density at radius 3 is 2.80 bits per heavy atom. The lowest BCUT2D eigenvalue weighted by atomic mass is 10.2. The summed E-state index contributed by atoms with van der Waals surface area (Å²) in [6.45, 7) is 6.85. The molecule has 2 aliphatic rings. The molecule has 110 valence electrons. The van der Waals surface area contributed by atoms with E-state index in [2.05, 4.69) is 26.7 Å². The van der Waals surface area contributed by atoms with Crippen molar-refractivity contribution in [3.63, 3.8) is 0 Å². The summed E-state index contributed by atoms with van der Waals surface area (Å²) in [5.74, 6) is 2.50. The van der Waals surface area contributed by atoms with Gasteiger partial charge in [0.1, 0.15) is 17.5 Å². The fraction of sp³-hybridized carbons (Fsp3) is 0.733. The lowest BCUT2D eigenvalue weighted by Crippen LogP contribution is -2.35. The third kappa shape index (κ3) is 2.87. The van der Waals surface area contributed by atoms with E-state index in [1.165, 1.54) is 32.4 Å². The maximum absolute atomic E-state index is 5.93. The van der Waals surface area contributed by atoms with E-state index >= 15 is 0 Å². The van der Waals surface area contributed by atoms with Crippen LogP contribution < -0.4 is 10.6 Å². The van der Waals surface area contributed by atoms with Crippen LogP contribution in [0.1, 0.15) is 38.4 Å². The second kappa shape index (κ2) is 5.95. The van der Waals surface area contributed by atoms with Gasteiger partial charge in [0.15, 0.2) is 0 Å². The molecule has 1 aromatic heterocycles. The highest BCUT2D eigenvalue weighted by Crippen LogP contribution is 2.25. The molecule has 3 heterocycles. The second-order valence-electron chi connectivity index (χ2n) is 5.95. The van der Waals surface area contributed by atoms with Gasteiger partial charge < -0.3 is 10.6 Å². The zero-order valence-corrected chi connectivity index (χ0v) is 12.4. The van der Waals surface area contributed by atoms with E-state index in [0.717, 1.165) is 37.6 Å². The van der Waals surface area contributed by atoms with Gasteiger partial charge in [-0.25, -0.2) is 9.97 Å². The van der Waals surface area contributed by atoms with Crippen molar-refractivity contribution in [1.82, 2.24) is 14.9 Å². The summed E-state index contributed by atoms with van der Waals surface area (Å²) in [5.41, 5.74) is 5.93. The number of hydrogen-bond donors (Lipinski definition) is 1. The quantitative estimate of drug-likeness (QED) is 0.906. The molecule has 0 radical (unpaired) electrons. The molecular weight excluding hydrogens is 250 g/mol. The van der Waals surface area contributed by atoms with Gasteiger partial charge in [0.05, 0.1) is 0 Å². The van der Waals surface area contributed by atoms with Crippen LogP contribution >= 0.6 is 0 Å². The number of likely N-dealkylation sites (tertiary alicyclic amines) is 1. The van der Waals surface area contributed by atoms with Crippen LogP contribution in [0.5, 0.6) is 0 Å². The number of aryl methyl sites for hydroxylation is 1.